The average Bonchev–Trinajstić information content (AvgIpc) is 2.49. The minimum absolute atomic E-state index is 1.08. The molecular weight excluding hydrogens is 312 g/mol. The monoisotopic (exact) mass is 334 g/mol. The molecule has 0 bridgehead atoms. The number of rotatable bonds is 7. The fourth-order valence-electron chi connectivity index (χ4n) is 2.39. The quantitative estimate of drug-likeness (QED) is 0.615. The van der Waals surface area contributed by atoms with Crippen molar-refractivity contribution in [1.82, 2.24) is 0 Å². The zero-order valence-corrected chi connectivity index (χ0v) is 15.3. The summed E-state index contributed by atoms with van der Waals surface area (Å²) in [6.07, 6.45) is 6.48. The molecule has 0 saturated carbocycles. The first kappa shape index (κ1) is 16.9. The van der Waals surface area contributed by atoms with Crippen LogP contribution in [0.5, 0.6) is 0 Å². The third kappa shape index (κ3) is 5.01. The van der Waals surface area contributed by atoms with Crippen molar-refractivity contribution < 1.29 is 0 Å². The number of benzene rings is 2. The van der Waals surface area contributed by atoms with Crippen LogP contribution in [0.15, 0.2) is 42.5 Å². The molecule has 2 aromatic rings. The van der Waals surface area contributed by atoms with Gasteiger partial charge in [-0.25, -0.2) is 0 Å². The van der Waals surface area contributed by atoms with Crippen molar-refractivity contribution in [2.75, 3.05) is 18.8 Å². The van der Waals surface area contributed by atoms with E-state index in [0.29, 0.717) is 0 Å². The lowest BCUT2D eigenvalue weighted by molar-refractivity contribution is 1.33. The lowest BCUT2D eigenvalue weighted by atomic mass is 10.00. The fraction of sp³-hybridized carbons (Fsp3) is 0.333. The Labute approximate surface area is 141 Å². The molecule has 0 unspecified atom stereocenters. The van der Waals surface area contributed by atoms with Crippen LogP contribution >= 0.6 is 35.3 Å². The van der Waals surface area contributed by atoms with E-state index >= 15 is 0 Å². The second-order valence-corrected chi connectivity index (χ2v) is 7.63. The maximum Gasteiger partial charge on any atom is 0.0182 e. The highest BCUT2D eigenvalue weighted by atomic mass is 32.2. The standard InChI is InChI=1S/C18H22S3/c1-19-11-14-4-6-17(7-5-14)18-9-15(12-20-2)8-16(10-18)13-21-3/h4-10H,11-13H2,1-3H3. The molecule has 0 aliphatic rings. The normalized spacial score (nSPS) is 10.8. The lowest BCUT2D eigenvalue weighted by Gasteiger charge is -2.10. The molecule has 2 aromatic carbocycles. The maximum atomic E-state index is 2.35. The predicted octanol–water partition coefficient (Wildman–Crippen LogP) is 5.94. The molecule has 0 heterocycles. The van der Waals surface area contributed by atoms with Crippen molar-refractivity contribution in [2.45, 2.75) is 17.3 Å². The van der Waals surface area contributed by atoms with Crippen LogP contribution in [0.2, 0.25) is 0 Å². The van der Waals surface area contributed by atoms with Crippen molar-refractivity contribution in [1.29, 1.82) is 0 Å². The summed E-state index contributed by atoms with van der Waals surface area (Å²) in [5.74, 6) is 3.25. The van der Waals surface area contributed by atoms with Crippen LogP contribution in [0.25, 0.3) is 11.1 Å². The number of thioether (sulfide) groups is 3. The van der Waals surface area contributed by atoms with Crippen molar-refractivity contribution in [3.8, 4) is 11.1 Å². The summed E-state index contributed by atoms with van der Waals surface area (Å²) in [7, 11) is 0. The van der Waals surface area contributed by atoms with Gasteiger partial charge in [0.25, 0.3) is 0 Å². The number of hydrogen-bond donors (Lipinski definition) is 0. The molecule has 0 saturated heterocycles. The summed E-state index contributed by atoms with van der Waals surface area (Å²) < 4.78 is 0. The number of hydrogen-bond acceptors (Lipinski definition) is 3. The molecule has 0 fully saturated rings. The van der Waals surface area contributed by atoms with Crippen LogP contribution in [0.3, 0.4) is 0 Å². The van der Waals surface area contributed by atoms with Crippen LogP contribution in [0.4, 0.5) is 0 Å². The van der Waals surface area contributed by atoms with Crippen LogP contribution < -0.4 is 0 Å². The molecule has 0 N–H and O–H groups in total. The minimum atomic E-state index is 1.08. The second kappa shape index (κ2) is 8.82. The van der Waals surface area contributed by atoms with Gasteiger partial charge in [0.05, 0.1) is 0 Å². The molecule has 0 nitrogen and oxygen atoms in total. The minimum Gasteiger partial charge on any atom is -0.161 e. The van der Waals surface area contributed by atoms with E-state index < -0.39 is 0 Å². The van der Waals surface area contributed by atoms with E-state index in [1.807, 2.05) is 35.3 Å². The molecule has 2 rings (SSSR count). The first-order chi connectivity index (χ1) is 10.3. The average molecular weight is 335 g/mol. The summed E-state index contributed by atoms with van der Waals surface area (Å²) in [5, 5.41) is 0. The Kier molecular flexibility index (Phi) is 7.08. The predicted molar refractivity (Wildman–Crippen MR) is 104 cm³/mol. The SMILES string of the molecule is CSCc1ccc(-c2cc(CSC)cc(CSC)c2)cc1. The van der Waals surface area contributed by atoms with E-state index in [9.17, 15) is 0 Å². The molecule has 112 valence electrons. The highest BCUT2D eigenvalue weighted by Crippen LogP contribution is 2.26. The topological polar surface area (TPSA) is 0 Å². The van der Waals surface area contributed by atoms with Gasteiger partial charge in [0, 0.05) is 17.3 Å². The molecular formula is C18H22S3. The van der Waals surface area contributed by atoms with Gasteiger partial charge in [0.2, 0.25) is 0 Å². The van der Waals surface area contributed by atoms with Gasteiger partial charge in [-0.2, -0.15) is 35.3 Å². The van der Waals surface area contributed by atoms with E-state index in [2.05, 4.69) is 61.2 Å². The zero-order chi connectivity index (χ0) is 15.1. The van der Waals surface area contributed by atoms with Gasteiger partial charge in [0.15, 0.2) is 0 Å². The van der Waals surface area contributed by atoms with Crippen LogP contribution in [0, 0.1) is 0 Å². The molecule has 3 heteroatoms. The van der Waals surface area contributed by atoms with E-state index in [-0.39, 0.29) is 0 Å². The van der Waals surface area contributed by atoms with Crippen molar-refractivity contribution >= 4 is 35.3 Å². The van der Waals surface area contributed by atoms with Gasteiger partial charge >= 0.3 is 0 Å². The Balaban J connectivity index is 2.32. The van der Waals surface area contributed by atoms with Crippen LogP contribution in [-0.4, -0.2) is 18.8 Å². The summed E-state index contributed by atoms with van der Waals surface area (Å²) in [5.41, 5.74) is 6.93. The van der Waals surface area contributed by atoms with Gasteiger partial charge in [-0.3, -0.25) is 0 Å². The Morgan fingerprint density at radius 3 is 1.52 bits per heavy atom. The third-order valence-corrected chi connectivity index (χ3v) is 5.14. The Morgan fingerprint density at radius 1 is 0.571 bits per heavy atom. The van der Waals surface area contributed by atoms with Crippen LogP contribution in [0.1, 0.15) is 16.7 Å². The van der Waals surface area contributed by atoms with E-state index in [4.69, 9.17) is 0 Å². The van der Waals surface area contributed by atoms with E-state index in [1.165, 1.54) is 27.8 Å². The summed E-state index contributed by atoms with van der Waals surface area (Å²) in [6, 6.07) is 16.0. The second-order valence-electron chi connectivity index (χ2n) is 5.03. The zero-order valence-electron chi connectivity index (χ0n) is 12.9. The summed E-state index contributed by atoms with van der Waals surface area (Å²) >= 11 is 5.64. The Morgan fingerprint density at radius 2 is 1.05 bits per heavy atom. The van der Waals surface area contributed by atoms with Crippen LogP contribution in [-0.2, 0) is 17.3 Å². The molecule has 0 aliphatic heterocycles. The summed E-state index contributed by atoms with van der Waals surface area (Å²) in [6.45, 7) is 0. The third-order valence-electron chi connectivity index (χ3n) is 3.27. The van der Waals surface area contributed by atoms with E-state index in [0.717, 1.165) is 17.3 Å². The van der Waals surface area contributed by atoms with Crippen molar-refractivity contribution in [3.05, 3.63) is 59.2 Å². The Bertz CT molecular complexity index is 537. The first-order valence-electron chi connectivity index (χ1n) is 6.95. The maximum absolute atomic E-state index is 2.35. The van der Waals surface area contributed by atoms with Crippen molar-refractivity contribution in [2.24, 2.45) is 0 Å². The largest absolute Gasteiger partial charge is 0.161 e. The first-order valence-corrected chi connectivity index (χ1v) is 11.1. The van der Waals surface area contributed by atoms with E-state index in [1.54, 1.807) is 0 Å². The molecule has 0 aromatic heterocycles. The molecule has 0 amide bonds. The van der Waals surface area contributed by atoms with Gasteiger partial charge in [-0.05, 0) is 46.6 Å². The van der Waals surface area contributed by atoms with Gasteiger partial charge in [-0.15, -0.1) is 0 Å². The Hall–Kier alpha value is -0.510. The highest BCUT2D eigenvalue weighted by molar-refractivity contribution is 7.98. The molecule has 0 atom stereocenters. The van der Waals surface area contributed by atoms with Gasteiger partial charge < -0.3 is 0 Å². The summed E-state index contributed by atoms with van der Waals surface area (Å²) in [4.78, 5) is 0. The molecule has 21 heavy (non-hydrogen) atoms. The van der Waals surface area contributed by atoms with Gasteiger partial charge in [0.1, 0.15) is 0 Å². The molecule has 0 radical (unpaired) electrons. The molecule has 0 spiro atoms. The van der Waals surface area contributed by atoms with Crippen molar-refractivity contribution in [3.63, 3.8) is 0 Å². The highest BCUT2D eigenvalue weighted by Gasteiger charge is 2.04. The fourth-order valence-corrected chi connectivity index (χ4v) is 3.92. The molecule has 0 aliphatic carbocycles. The van der Waals surface area contributed by atoms with Gasteiger partial charge in [-0.1, -0.05) is 42.5 Å². The smallest absolute Gasteiger partial charge is 0.0182 e. The lowest BCUT2D eigenvalue weighted by Crippen LogP contribution is -1.89.